The standard InChI is InChI=1S/C19H18N10O5/c20-19-26-15-14(17(32)27-19)24-11(8-23-15)7-22-10-3-1-9(2-4-10)16(31)25-12(18(33)34)5-6-13(30)28-29-21/h1-4,8,12,22H,5-7H2,(H,25,31)(H,33,34)(H3,20,23,26,27,32). The molecule has 174 valence electrons. The summed E-state index contributed by atoms with van der Waals surface area (Å²) >= 11 is 0. The Bertz CT molecular complexity index is 1350. The molecule has 1 unspecified atom stereocenters. The minimum Gasteiger partial charge on any atom is -0.480 e. The van der Waals surface area contributed by atoms with Gasteiger partial charge in [0.2, 0.25) is 11.9 Å². The summed E-state index contributed by atoms with van der Waals surface area (Å²) in [4.78, 5) is 63.8. The molecule has 1 aromatic carbocycles. The maximum absolute atomic E-state index is 12.4. The van der Waals surface area contributed by atoms with E-state index < -0.39 is 29.4 Å². The van der Waals surface area contributed by atoms with Crippen LogP contribution in [0.1, 0.15) is 28.9 Å². The van der Waals surface area contributed by atoms with E-state index in [1.807, 2.05) is 0 Å². The summed E-state index contributed by atoms with van der Waals surface area (Å²) < 4.78 is 0. The van der Waals surface area contributed by atoms with E-state index in [1.54, 1.807) is 12.1 Å². The van der Waals surface area contributed by atoms with Gasteiger partial charge in [0.1, 0.15) is 6.04 Å². The number of azide groups is 1. The van der Waals surface area contributed by atoms with E-state index in [9.17, 15) is 24.3 Å². The molecular formula is C19H18N10O5. The zero-order valence-electron chi connectivity index (χ0n) is 17.4. The first-order chi connectivity index (χ1) is 16.3. The minimum absolute atomic E-state index is 0.0506. The van der Waals surface area contributed by atoms with Gasteiger partial charge in [0.05, 0.1) is 18.4 Å². The summed E-state index contributed by atoms with van der Waals surface area (Å²) in [6.07, 6.45) is 0.898. The van der Waals surface area contributed by atoms with Gasteiger partial charge in [0.15, 0.2) is 11.2 Å². The third-order valence-corrected chi connectivity index (χ3v) is 4.51. The number of anilines is 2. The Kier molecular flexibility index (Phi) is 7.31. The Morgan fingerprint density at radius 2 is 1.97 bits per heavy atom. The number of nitrogens with one attached hydrogen (secondary N) is 3. The van der Waals surface area contributed by atoms with Gasteiger partial charge < -0.3 is 21.5 Å². The highest BCUT2D eigenvalue weighted by molar-refractivity contribution is 5.97. The lowest BCUT2D eigenvalue weighted by Gasteiger charge is -2.14. The molecule has 2 amide bonds. The third kappa shape index (κ3) is 6.02. The molecule has 0 aliphatic rings. The lowest BCUT2D eigenvalue weighted by atomic mass is 10.1. The molecule has 15 heteroatoms. The molecule has 0 spiro atoms. The van der Waals surface area contributed by atoms with Gasteiger partial charge in [-0.15, -0.1) is 0 Å². The maximum Gasteiger partial charge on any atom is 0.326 e. The Hall–Kier alpha value is -5.04. The number of hydrogen-bond acceptors (Lipinski definition) is 9. The molecule has 34 heavy (non-hydrogen) atoms. The van der Waals surface area contributed by atoms with E-state index in [-0.39, 0.29) is 42.1 Å². The maximum atomic E-state index is 12.4. The molecule has 3 rings (SSSR count). The Morgan fingerprint density at radius 3 is 2.65 bits per heavy atom. The number of benzene rings is 1. The van der Waals surface area contributed by atoms with Crippen LogP contribution in [-0.4, -0.2) is 48.9 Å². The first-order valence-electron chi connectivity index (χ1n) is 9.73. The van der Waals surface area contributed by atoms with E-state index in [0.717, 1.165) is 0 Å². The molecule has 3 aromatic rings. The molecule has 0 radical (unpaired) electrons. The number of nitrogens with two attached hydrogens (primary N) is 1. The van der Waals surface area contributed by atoms with Crippen LogP contribution in [0.15, 0.2) is 40.4 Å². The van der Waals surface area contributed by atoms with Crippen molar-refractivity contribution in [3.63, 3.8) is 0 Å². The highest BCUT2D eigenvalue weighted by atomic mass is 16.4. The summed E-state index contributed by atoms with van der Waals surface area (Å²) in [5.74, 6) is -2.85. The monoisotopic (exact) mass is 466 g/mol. The fourth-order valence-corrected chi connectivity index (χ4v) is 2.85. The fourth-order valence-electron chi connectivity index (χ4n) is 2.85. The molecule has 2 aromatic heterocycles. The van der Waals surface area contributed by atoms with E-state index in [1.165, 1.54) is 18.3 Å². The number of fused-ring (bicyclic) bond motifs is 1. The molecule has 0 aliphatic heterocycles. The van der Waals surface area contributed by atoms with Crippen LogP contribution in [-0.2, 0) is 16.1 Å². The number of aliphatic carboxylic acids is 1. The van der Waals surface area contributed by atoms with Crippen LogP contribution in [0, 0.1) is 0 Å². The van der Waals surface area contributed by atoms with E-state index in [0.29, 0.717) is 11.4 Å². The number of amides is 2. The van der Waals surface area contributed by atoms with Gasteiger partial charge in [-0.25, -0.2) is 14.8 Å². The van der Waals surface area contributed by atoms with Crippen molar-refractivity contribution in [2.24, 2.45) is 5.11 Å². The second-order valence-corrected chi connectivity index (χ2v) is 6.90. The van der Waals surface area contributed by atoms with E-state index >= 15 is 0 Å². The molecule has 2 heterocycles. The molecule has 0 saturated heterocycles. The number of carbonyl (C=O) groups is 3. The number of aromatic nitrogens is 4. The number of carboxylic acid groups (broad SMARTS) is 1. The molecule has 0 fully saturated rings. The highest BCUT2D eigenvalue weighted by Crippen LogP contribution is 2.12. The van der Waals surface area contributed by atoms with Crippen molar-refractivity contribution in [1.82, 2.24) is 25.3 Å². The predicted molar refractivity (Wildman–Crippen MR) is 118 cm³/mol. The highest BCUT2D eigenvalue weighted by Gasteiger charge is 2.21. The molecule has 15 nitrogen and oxygen atoms in total. The fraction of sp³-hybridized carbons (Fsp3) is 0.211. The van der Waals surface area contributed by atoms with Gasteiger partial charge in [-0.05, 0) is 41.3 Å². The Labute approximate surface area is 190 Å². The smallest absolute Gasteiger partial charge is 0.326 e. The number of aromatic amines is 1. The molecule has 0 saturated carbocycles. The Balaban J connectivity index is 1.60. The number of carboxylic acids is 1. The first-order valence-corrected chi connectivity index (χ1v) is 9.73. The third-order valence-electron chi connectivity index (χ3n) is 4.51. The van der Waals surface area contributed by atoms with Crippen molar-refractivity contribution >= 4 is 40.6 Å². The van der Waals surface area contributed by atoms with Crippen LogP contribution >= 0.6 is 0 Å². The first kappa shape index (κ1) is 23.6. The van der Waals surface area contributed by atoms with Gasteiger partial charge in [-0.1, -0.05) is 0 Å². The van der Waals surface area contributed by atoms with E-state index in [2.05, 4.69) is 40.6 Å². The van der Waals surface area contributed by atoms with Crippen LogP contribution < -0.4 is 21.9 Å². The van der Waals surface area contributed by atoms with Crippen LogP contribution in [0.4, 0.5) is 11.6 Å². The van der Waals surface area contributed by atoms with Crippen LogP contribution in [0.5, 0.6) is 0 Å². The number of rotatable bonds is 9. The second kappa shape index (κ2) is 10.5. The second-order valence-electron chi connectivity index (χ2n) is 6.90. The minimum atomic E-state index is -1.33. The number of nitrogens with zero attached hydrogens (tertiary/aromatic N) is 6. The number of H-pyrrole nitrogens is 1. The average molecular weight is 466 g/mol. The zero-order valence-corrected chi connectivity index (χ0v) is 17.4. The predicted octanol–water partition coefficient (Wildman–Crippen LogP) is 0.707. The van der Waals surface area contributed by atoms with Gasteiger partial charge in [-0.2, -0.15) is 4.98 Å². The van der Waals surface area contributed by atoms with Crippen molar-refractivity contribution in [3.8, 4) is 0 Å². The summed E-state index contributed by atoms with van der Waals surface area (Å²) in [5, 5.41) is 17.5. The molecule has 0 aliphatic carbocycles. The van der Waals surface area contributed by atoms with Crippen LogP contribution in [0.2, 0.25) is 0 Å². The van der Waals surface area contributed by atoms with Gasteiger partial charge in [0, 0.05) is 22.6 Å². The SMILES string of the molecule is [N-]=[N+]=NC(=O)CCC(NC(=O)c1ccc(NCc2cnc3nc(N)[nH]c(=O)c3n2)cc1)C(=O)O. The van der Waals surface area contributed by atoms with Crippen molar-refractivity contribution < 1.29 is 19.5 Å². The summed E-state index contributed by atoms with van der Waals surface area (Å²) in [5.41, 5.74) is 14.6. The van der Waals surface area contributed by atoms with Gasteiger partial charge in [0.25, 0.3) is 11.5 Å². The van der Waals surface area contributed by atoms with E-state index in [4.69, 9.17) is 11.3 Å². The normalized spacial score (nSPS) is 11.3. The van der Waals surface area contributed by atoms with Crippen molar-refractivity contribution in [2.75, 3.05) is 11.1 Å². The molecule has 1 atom stereocenters. The number of carbonyl (C=O) groups excluding carboxylic acids is 2. The summed E-state index contributed by atoms with van der Waals surface area (Å²) in [6.45, 7) is 0.221. The number of nitrogen functional groups attached to an aromatic ring is 1. The average Bonchev–Trinajstić information content (AvgIpc) is 2.80. The van der Waals surface area contributed by atoms with Crippen LogP contribution in [0.25, 0.3) is 21.6 Å². The zero-order chi connectivity index (χ0) is 24.7. The van der Waals surface area contributed by atoms with Gasteiger partial charge >= 0.3 is 5.97 Å². The molecule has 6 N–H and O–H groups in total. The molecular weight excluding hydrogens is 448 g/mol. The summed E-state index contributed by atoms with van der Waals surface area (Å²) in [6, 6.07) is 4.82. The topological polar surface area (TPSA) is 242 Å². The Morgan fingerprint density at radius 1 is 1.24 bits per heavy atom. The van der Waals surface area contributed by atoms with Crippen molar-refractivity contribution in [2.45, 2.75) is 25.4 Å². The summed E-state index contributed by atoms with van der Waals surface area (Å²) in [7, 11) is 0. The molecule has 0 bridgehead atoms. The lowest BCUT2D eigenvalue weighted by Crippen LogP contribution is -2.41. The van der Waals surface area contributed by atoms with Crippen molar-refractivity contribution in [3.05, 3.63) is 62.5 Å². The van der Waals surface area contributed by atoms with Crippen molar-refractivity contribution in [1.29, 1.82) is 0 Å². The largest absolute Gasteiger partial charge is 0.480 e. The van der Waals surface area contributed by atoms with Crippen LogP contribution in [0.3, 0.4) is 0 Å². The lowest BCUT2D eigenvalue weighted by molar-refractivity contribution is -0.139. The van der Waals surface area contributed by atoms with Gasteiger partial charge in [-0.3, -0.25) is 19.4 Å². The number of hydrogen-bond donors (Lipinski definition) is 5. The quantitative estimate of drug-likeness (QED) is 0.168.